The maximum Gasteiger partial charge on any atom is 0.319 e. The molecule has 0 amide bonds. The van der Waals surface area contributed by atoms with Gasteiger partial charge in [-0.2, -0.15) is 9.97 Å². The Morgan fingerprint density at radius 1 is 0.956 bits per heavy atom. The summed E-state index contributed by atoms with van der Waals surface area (Å²) in [5, 5.41) is 15.5. The molecule has 0 spiro atoms. The highest BCUT2D eigenvalue weighted by molar-refractivity contribution is 6.35. The number of ether oxygens (including phenoxy) is 2. The summed E-state index contributed by atoms with van der Waals surface area (Å²) in [7, 11) is 0. The summed E-state index contributed by atoms with van der Waals surface area (Å²) in [6.45, 7) is 4.25. The van der Waals surface area contributed by atoms with E-state index < -0.39 is 17.4 Å². The Balaban J connectivity index is 1.17. The van der Waals surface area contributed by atoms with Gasteiger partial charge in [-0.3, -0.25) is 4.90 Å². The number of piperidine rings is 1. The van der Waals surface area contributed by atoms with E-state index >= 15 is 8.78 Å². The molecule has 4 unspecified atom stereocenters. The number of hydrogen-bond donors (Lipinski definition) is 2. The molecule has 4 aliphatic heterocycles. The second kappa shape index (κ2) is 11.8. The zero-order valence-corrected chi connectivity index (χ0v) is 25.7. The molecule has 2 N–H and O–H groups in total. The van der Waals surface area contributed by atoms with E-state index in [0.717, 1.165) is 51.9 Å². The van der Waals surface area contributed by atoms with Crippen LogP contribution < -0.4 is 15.0 Å². The number of fused-ring (bicyclic) bond motifs is 6. The molecule has 236 valence electrons. The van der Waals surface area contributed by atoms with Crippen molar-refractivity contribution in [2.24, 2.45) is 0 Å². The molecule has 8 rings (SSSR count). The number of phenols is 1. The summed E-state index contributed by atoms with van der Waals surface area (Å²) in [6.07, 6.45) is 6.46. The number of nitrogens with zero attached hydrogens (tertiary/aromatic N) is 4. The standard InChI is InChI=1S/C34H36ClF2N5O3/c35-26-14-25-32(31(37)29(26)28-24-8-2-1-5-19(24)13-27(43)30(28)36)39-34(40-33(25)41-15-20-9-10-21(16-41)38-20)45-12-4-11-42-22-6-3-7-23(42)18-44-17-22/h1-2,5,8,13-14,20-23,38,43H,3-4,6-7,9-12,15-18H2. The number of rotatable bonds is 7. The van der Waals surface area contributed by atoms with Gasteiger partial charge in [-0.1, -0.05) is 42.3 Å². The highest BCUT2D eigenvalue weighted by Crippen LogP contribution is 2.44. The maximum absolute atomic E-state index is 16.8. The van der Waals surface area contributed by atoms with Gasteiger partial charge in [0.15, 0.2) is 17.4 Å². The minimum atomic E-state index is -0.939. The summed E-state index contributed by atoms with van der Waals surface area (Å²) in [5.74, 6) is -1.73. The van der Waals surface area contributed by atoms with Crippen LogP contribution in [0.4, 0.5) is 14.6 Å². The molecule has 4 saturated heterocycles. The molecule has 11 heteroatoms. The molecule has 3 aromatic carbocycles. The van der Waals surface area contributed by atoms with Gasteiger partial charge in [0.2, 0.25) is 0 Å². The molecule has 0 saturated carbocycles. The van der Waals surface area contributed by atoms with Crippen molar-refractivity contribution in [3.8, 4) is 22.9 Å². The summed E-state index contributed by atoms with van der Waals surface area (Å²) < 4.78 is 44.3. The SMILES string of the molecule is Oc1cc2ccccc2c(-c2c(Cl)cc3c(N4CC5CCC(C4)N5)nc(OCCCN4C5CCCC4COC5)nc3c2F)c1F. The molecule has 4 aliphatic rings. The van der Waals surface area contributed by atoms with Crippen molar-refractivity contribution in [2.75, 3.05) is 44.4 Å². The molecule has 1 aromatic heterocycles. The van der Waals surface area contributed by atoms with Crippen molar-refractivity contribution in [3.05, 3.63) is 53.1 Å². The van der Waals surface area contributed by atoms with Crippen molar-refractivity contribution in [3.63, 3.8) is 0 Å². The van der Waals surface area contributed by atoms with Crippen LogP contribution >= 0.6 is 11.6 Å². The van der Waals surface area contributed by atoms with Crippen LogP contribution in [-0.2, 0) is 4.74 Å². The Morgan fingerprint density at radius 2 is 1.71 bits per heavy atom. The fourth-order valence-electron chi connectivity index (χ4n) is 7.91. The lowest BCUT2D eigenvalue weighted by molar-refractivity contribution is -0.0741. The number of aromatic hydroxyl groups is 1. The third-order valence-electron chi connectivity index (χ3n) is 10.0. The highest BCUT2D eigenvalue weighted by Gasteiger charge is 2.36. The highest BCUT2D eigenvalue weighted by atomic mass is 35.5. The fourth-order valence-corrected chi connectivity index (χ4v) is 8.20. The van der Waals surface area contributed by atoms with E-state index in [4.69, 9.17) is 26.1 Å². The molecule has 4 fully saturated rings. The Hall–Kier alpha value is -3.31. The van der Waals surface area contributed by atoms with Crippen LogP contribution in [0.25, 0.3) is 32.8 Å². The lowest BCUT2D eigenvalue weighted by atomic mass is 9.94. The first-order chi connectivity index (χ1) is 21.9. The number of nitrogens with one attached hydrogen (secondary N) is 1. The monoisotopic (exact) mass is 635 g/mol. The zero-order valence-electron chi connectivity index (χ0n) is 24.9. The van der Waals surface area contributed by atoms with Gasteiger partial charge in [0.25, 0.3) is 0 Å². The number of benzene rings is 3. The van der Waals surface area contributed by atoms with Crippen molar-refractivity contribution in [1.82, 2.24) is 20.2 Å². The molecule has 8 nitrogen and oxygen atoms in total. The van der Waals surface area contributed by atoms with Crippen molar-refractivity contribution >= 4 is 39.1 Å². The Labute approximate surface area is 265 Å². The largest absolute Gasteiger partial charge is 0.505 e. The van der Waals surface area contributed by atoms with E-state index in [9.17, 15) is 5.11 Å². The summed E-state index contributed by atoms with van der Waals surface area (Å²) in [5.41, 5.74) is -0.243. The van der Waals surface area contributed by atoms with E-state index in [1.807, 2.05) is 0 Å². The number of morpholine rings is 1. The summed E-state index contributed by atoms with van der Waals surface area (Å²) >= 11 is 6.79. The van der Waals surface area contributed by atoms with Crippen LogP contribution in [0, 0.1) is 11.6 Å². The Kier molecular flexibility index (Phi) is 7.64. The number of halogens is 3. The number of phenolic OH excluding ortho intramolecular Hbond substituents is 1. The predicted molar refractivity (Wildman–Crippen MR) is 170 cm³/mol. The molecule has 0 aliphatic carbocycles. The summed E-state index contributed by atoms with van der Waals surface area (Å²) in [6, 6.07) is 11.5. The van der Waals surface area contributed by atoms with Crippen LogP contribution in [0.1, 0.15) is 38.5 Å². The molecular weight excluding hydrogens is 600 g/mol. The first-order valence-corrected chi connectivity index (χ1v) is 16.4. The minimum absolute atomic E-state index is 0.00909. The second-order valence-electron chi connectivity index (χ2n) is 12.8. The molecule has 4 bridgehead atoms. The third-order valence-corrected chi connectivity index (χ3v) is 10.3. The lowest BCUT2D eigenvalue weighted by Crippen LogP contribution is -2.55. The van der Waals surface area contributed by atoms with Gasteiger partial charge in [-0.15, -0.1) is 0 Å². The molecular formula is C34H36ClF2N5O3. The third kappa shape index (κ3) is 5.25. The smallest absolute Gasteiger partial charge is 0.319 e. The van der Waals surface area contributed by atoms with Gasteiger partial charge >= 0.3 is 6.01 Å². The van der Waals surface area contributed by atoms with E-state index in [1.54, 1.807) is 30.3 Å². The summed E-state index contributed by atoms with van der Waals surface area (Å²) in [4.78, 5) is 14.1. The zero-order chi connectivity index (χ0) is 30.7. The first kappa shape index (κ1) is 29.1. The predicted octanol–water partition coefficient (Wildman–Crippen LogP) is 6.05. The number of piperazine rings is 1. The van der Waals surface area contributed by atoms with E-state index in [1.165, 1.54) is 12.5 Å². The average Bonchev–Trinajstić information content (AvgIpc) is 3.37. The van der Waals surface area contributed by atoms with Crippen LogP contribution in [0.15, 0.2) is 36.4 Å². The van der Waals surface area contributed by atoms with Gasteiger partial charge in [0.1, 0.15) is 11.3 Å². The van der Waals surface area contributed by atoms with E-state index in [2.05, 4.69) is 20.1 Å². The van der Waals surface area contributed by atoms with Crippen LogP contribution in [0.5, 0.6) is 11.8 Å². The van der Waals surface area contributed by atoms with Crippen molar-refractivity contribution in [2.45, 2.75) is 62.7 Å². The van der Waals surface area contributed by atoms with Gasteiger partial charge in [-0.25, -0.2) is 8.78 Å². The molecule has 4 aromatic rings. The number of anilines is 1. The molecule has 45 heavy (non-hydrogen) atoms. The average molecular weight is 636 g/mol. The Bertz CT molecular complexity index is 1740. The van der Waals surface area contributed by atoms with E-state index in [-0.39, 0.29) is 27.7 Å². The fraction of sp³-hybridized carbons (Fsp3) is 0.471. The molecule has 5 heterocycles. The van der Waals surface area contributed by atoms with Gasteiger partial charge in [0, 0.05) is 60.3 Å². The van der Waals surface area contributed by atoms with E-state index in [0.29, 0.717) is 65.8 Å². The van der Waals surface area contributed by atoms with Crippen molar-refractivity contribution in [1.29, 1.82) is 0 Å². The lowest BCUT2D eigenvalue weighted by Gasteiger charge is -2.45. The van der Waals surface area contributed by atoms with Crippen LogP contribution in [-0.4, -0.2) is 83.6 Å². The van der Waals surface area contributed by atoms with Gasteiger partial charge in [-0.05, 0) is 55.0 Å². The molecule has 0 radical (unpaired) electrons. The Morgan fingerprint density at radius 3 is 2.49 bits per heavy atom. The number of aromatic nitrogens is 2. The normalized spacial score (nSPS) is 24.9. The van der Waals surface area contributed by atoms with Crippen LogP contribution in [0.2, 0.25) is 5.02 Å². The quantitative estimate of drug-likeness (QED) is 0.238. The first-order valence-electron chi connectivity index (χ1n) is 16.0. The van der Waals surface area contributed by atoms with Crippen LogP contribution in [0.3, 0.4) is 0 Å². The van der Waals surface area contributed by atoms with Gasteiger partial charge in [0.05, 0.1) is 24.8 Å². The number of hydrogen-bond acceptors (Lipinski definition) is 8. The minimum Gasteiger partial charge on any atom is -0.505 e. The molecule has 4 atom stereocenters. The maximum atomic E-state index is 16.8. The second-order valence-corrected chi connectivity index (χ2v) is 13.2. The van der Waals surface area contributed by atoms with Gasteiger partial charge < -0.3 is 24.8 Å². The topological polar surface area (TPSA) is 83.0 Å². The van der Waals surface area contributed by atoms with Crippen molar-refractivity contribution < 1.29 is 23.4 Å².